The molecule has 7 aromatic carbocycles. The molecule has 4 aliphatic rings. The van der Waals surface area contributed by atoms with Gasteiger partial charge in [-0.15, -0.1) is 22.7 Å². The standard InChI is InChI=1S/C52H41NS2/c1-4-11-49-44(6-1)46-9-5-8-43(51(46)55-49)37-14-21-41(22-15-37)53(42-23-17-39(18-24-42)52-30-33-26-34(31-52)28-35(27-33)32-52)40-19-12-36(13-20-40)38-16-25-50-47(29-38)45-7-2-3-10-48(45)54-50/h1-25,29,33-35H,26-28,30-32H2. The quantitative estimate of drug-likeness (QED) is 0.164. The van der Waals surface area contributed by atoms with Crippen LogP contribution in [0.5, 0.6) is 0 Å². The molecule has 0 atom stereocenters. The van der Waals surface area contributed by atoms with Crippen LogP contribution in [0.2, 0.25) is 0 Å². The van der Waals surface area contributed by atoms with Crippen LogP contribution >= 0.6 is 22.7 Å². The fourth-order valence-corrected chi connectivity index (χ4v) is 13.7. The molecule has 0 N–H and O–H groups in total. The third-order valence-electron chi connectivity index (χ3n) is 13.5. The number of hydrogen-bond donors (Lipinski definition) is 0. The Morgan fingerprint density at radius 2 is 0.927 bits per heavy atom. The predicted molar refractivity (Wildman–Crippen MR) is 238 cm³/mol. The summed E-state index contributed by atoms with van der Waals surface area (Å²) >= 11 is 3.78. The first kappa shape index (κ1) is 32.1. The highest BCUT2D eigenvalue weighted by Crippen LogP contribution is 2.61. The number of nitrogens with zero attached hydrogens (tertiary/aromatic N) is 1. The Morgan fingerprint density at radius 1 is 0.418 bits per heavy atom. The summed E-state index contributed by atoms with van der Waals surface area (Å²) in [6.45, 7) is 0. The number of benzene rings is 7. The van der Waals surface area contributed by atoms with Gasteiger partial charge in [0.05, 0.1) is 0 Å². The second kappa shape index (κ2) is 12.4. The number of rotatable bonds is 6. The molecule has 0 spiro atoms. The first-order valence-corrected chi connectivity index (χ1v) is 21.7. The average Bonchev–Trinajstić information content (AvgIpc) is 3.80. The summed E-state index contributed by atoms with van der Waals surface area (Å²) in [5, 5.41) is 5.37. The van der Waals surface area contributed by atoms with Crippen molar-refractivity contribution < 1.29 is 0 Å². The molecule has 13 rings (SSSR count). The largest absolute Gasteiger partial charge is 0.311 e. The van der Waals surface area contributed by atoms with Crippen molar-refractivity contribution in [2.45, 2.75) is 43.9 Å². The van der Waals surface area contributed by atoms with Crippen molar-refractivity contribution in [3.8, 4) is 22.3 Å². The molecule has 0 aliphatic heterocycles. The Bertz CT molecular complexity index is 2860. The SMILES string of the molecule is c1ccc2c(c1)sc1ccc(-c3ccc(N(c4ccc(-c5cccc6c5sc5ccccc56)cc4)c4ccc(C56CC7CC(CC(C7)C5)C6)cc4)cc3)cc12. The molecule has 0 saturated heterocycles. The molecule has 4 fully saturated rings. The Hall–Kier alpha value is -5.22. The minimum absolute atomic E-state index is 0.393. The van der Waals surface area contributed by atoms with Crippen LogP contribution in [-0.4, -0.2) is 0 Å². The molecule has 9 aromatic rings. The summed E-state index contributed by atoms with van der Waals surface area (Å²) in [6.07, 6.45) is 8.62. The van der Waals surface area contributed by atoms with E-state index in [2.05, 4.69) is 163 Å². The van der Waals surface area contributed by atoms with Crippen molar-refractivity contribution in [1.82, 2.24) is 0 Å². The van der Waals surface area contributed by atoms with E-state index in [1.165, 1.54) is 118 Å². The van der Waals surface area contributed by atoms with Gasteiger partial charge in [-0.3, -0.25) is 0 Å². The Kier molecular flexibility index (Phi) is 7.23. The van der Waals surface area contributed by atoms with Crippen molar-refractivity contribution in [1.29, 1.82) is 0 Å². The highest BCUT2D eigenvalue weighted by atomic mass is 32.1. The fraction of sp³-hybridized carbons (Fsp3) is 0.192. The zero-order valence-electron chi connectivity index (χ0n) is 30.7. The maximum atomic E-state index is 2.49. The van der Waals surface area contributed by atoms with E-state index in [1.807, 2.05) is 22.7 Å². The molecule has 2 heterocycles. The van der Waals surface area contributed by atoms with Crippen molar-refractivity contribution in [3.05, 3.63) is 163 Å². The zero-order chi connectivity index (χ0) is 36.1. The molecule has 0 radical (unpaired) electrons. The lowest BCUT2D eigenvalue weighted by Crippen LogP contribution is -2.48. The van der Waals surface area contributed by atoms with E-state index >= 15 is 0 Å². The molecular formula is C52H41NS2. The van der Waals surface area contributed by atoms with E-state index in [0.29, 0.717) is 5.41 Å². The summed E-state index contributed by atoms with van der Waals surface area (Å²) in [5.41, 5.74) is 10.6. The highest BCUT2D eigenvalue weighted by molar-refractivity contribution is 7.26. The van der Waals surface area contributed by atoms with Crippen LogP contribution in [0.15, 0.2) is 158 Å². The van der Waals surface area contributed by atoms with E-state index in [9.17, 15) is 0 Å². The van der Waals surface area contributed by atoms with Gasteiger partial charge in [0.25, 0.3) is 0 Å². The van der Waals surface area contributed by atoms with Gasteiger partial charge in [0, 0.05) is 57.4 Å². The van der Waals surface area contributed by atoms with Gasteiger partial charge in [-0.25, -0.2) is 0 Å². The van der Waals surface area contributed by atoms with Crippen molar-refractivity contribution in [2.24, 2.45) is 17.8 Å². The molecule has 2 aromatic heterocycles. The second-order valence-electron chi connectivity index (χ2n) is 16.8. The van der Waals surface area contributed by atoms with Crippen LogP contribution in [0.3, 0.4) is 0 Å². The highest BCUT2D eigenvalue weighted by Gasteiger charge is 2.51. The smallest absolute Gasteiger partial charge is 0.0462 e. The first-order chi connectivity index (χ1) is 27.1. The molecule has 266 valence electrons. The van der Waals surface area contributed by atoms with Crippen LogP contribution < -0.4 is 4.90 Å². The Balaban J connectivity index is 0.927. The number of anilines is 3. The Labute approximate surface area is 330 Å². The molecule has 4 bridgehead atoms. The minimum atomic E-state index is 0.393. The lowest BCUT2D eigenvalue weighted by molar-refractivity contribution is -0.00518. The molecule has 0 amide bonds. The van der Waals surface area contributed by atoms with Gasteiger partial charge in [0.1, 0.15) is 0 Å². The van der Waals surface area contributed by atoms with E-state index < -0.39 is 0 Å². The van der Waals surface area contributed by atoms with Gasteiger partial charge in [-0.05, 0) is 150 Å². The normalized spacial score (nSPS) is 21.6. The zero-order valence-corrected chi connectivity index (χ0v) is 32.4. The summed E-state index contributed by atoms with van der Waals surface area (Å²) < 4.78 is 5.40. The maximum Gasteiger partial charge on any atom is 0.0462 e. The van der Waals surface area contributed by atoms with Crippen LogP contribution in [0.4, 0.5) is 17.1 Å². The van der Waals surface area contributed by atoms with Gasteiger partial charge in [0.15, 0.2) is 0 Å². The minimum Gasteiger partial charge on any atom is -0.311 e. The summed E-state index contributed by atoms with van der Waals surface area (Å²) in [6, 6.07) is 59.6. The lowest BCUT2D eigenvalue weighted by atomic mass is 9.48. The predicted octanol–water partition coefficient (Wildman–Crippen LogP) is 15.7. The molecule has 1 nitrogen and oxygen atoms in total. The lowest BCUT2D eigenvalue weighted by Gasteiger charge is -2.57. The third-order valence-corrected chi connectivity index (χ3v) is 15.8. The van der Waals surface area contributed by atoms with E-state index in [4.69, 9.17) is 0 Å². The van der Waals surface area contributed by atoms with Crippen LogP contribution in [-0.2, 0) is 5.41 Å². The molecule has 4 aliphatic carbocycles. The first-order valence-electron chi connectivity index (χ1n) is 20.1. The van der Waals surface area contributed by atoms with Gasteiger partial charge in [-0.1, -0.05) is 97.1 Å². The topological polar surface area (TPSA) is 3.24 Å². The molecular weight excluding hydrogens is 703 g/mol. The monoisotopic (exact) mass is 743 g/mol. The van der Waals surface area contributed by atoms with Crippen LogP contribution in [0, 0.1) is 17.8 Å². The Morgan fingerprint density at radius 3 is 1.58 bits per heavy atom. The van der Waals surface area contributed by atoms with Gasteiger partial charge in [-0.2, -0.15) is 0 Å². The van der Waals surface area contributed by atoms with E-state index in [-0.39, 0.29) is 0 Å². The molecule has 55 heavy (non-hydrogen) atoms. The maximum absolute atomic E-state index is 2.49. The average molecular weight is 744 g/mol. The third kappa shape index (κ3) is 5.24. The number of hydrogen-bond acceptors (Lipinski definition) is 3. The second-order valence-corrected chi connectivity index (χ2v) is 18.9. The van der Waals surface area contributed by atoms with Crippen LogP contribution in [0.25, 0.3) is 62.6 Å². The van der Waals surface area contributed by atoms with Gasteiger partial charge < -0.3 is 4.90 Å². The van der Waals surface area contributed by atoms with E-state index in [0.717, 1.165) is 17.8 Å². The van der Waals surface area contributed by atoms with E-state index in [1.54, 1.807) is 5.56 Å². The molecule has 0 unspecified atom stereocenters. The summed E-state index contributed by atoms with van der Waals surface area (Å²) in [7, 11) is 0. The van der Waals surface area contributed by atoms with Gasteiger partial charge in [0.2, 0.25) is 0 Å². The van der Waals surface area contributed by atoms with Crippen molar-refractivity contribution in [2.75, 3.05) is 4.90 Å². The molecule has 3 heteroatoms. The number of thiophene rings is 2. The fourth-order valence-electron chi connectivity index (χ4n) is 11.3. The number of fused-ring (bicyclic) bond motifs is 6. The van der Waals surface area contributed by atoms with Crippen molar-refractivity contribution >= 4 is 80.1 Å². The summed E-state index contributed by atoms with van der Waals surface area (Å²) in [5.74, 6) is 2.83. The van der Waals surface area contributed by atoms with Crippen LogP contribution in [0.1, 0.15) is 44.1 Å². The van der Waals surface area contributed by atoms with Crippen molar-refractivity contribution in [3.63, 3.8) is 0 Å². The summed E-state index contributed by atoms with van der Waals surface area (Å²) in [4.78, 5) is 2.45. The molecule has 4 saturated carbocycles. The van der Waals surface area contributed by atoms with Gasteiger partial charge >= 0.3 is 0 Å².